The average molecular weight is 537 g/mol. The summed E-state index contributed by atoms with van der Waals surface area (Å²) in [6.45, 7) is 4.17. The van der Waals surface area contributed by atoms with Gasteiger partial charge in [0.25, 0.3) is 5.91 Å². The number of rotatable bonds is 11. The lowest BCUT2D eigenvalue weighted by molar-refractivity contribution is -0.121. The molecule has 11 heteroatoms. The van der Waals surface area contributed by atoms with Crippen LogP contribution >= 0.6 is 0 Å². The molecule has 3 aromatic heterocycles. The molecule has 0 aliphatic heterocycles. The highest BCUT2D eigenvalue weighted by molar-refractivity contribution is 6.03. The fraction of sp³-hybridized carbons (Fsp3) is 0.536. The van der Waals surface area contributed by atoms with Crippen molar-refractivity contribution < 1.29 is 14.0 Å². The number of aromatic nitrogens is 4. The first-order valence-corrected chi connectivity index (χ1v) is 13.9. The summed E-state index contributed by atoms with van der Waals surface area (Å²) in [5.74, 6) is 0.424. The second-order valence-corrected chi connectivity index (χ2v) is 11.3. The predicted octanol–water partition coefficient (Wildman–Crippen LogP) is 4.39. The summed E-state index contributed by atoms with van der Waals surface area (Å²) < 4.78 is 15.6. The zero-order valence-electron chi connectivity index (χ0n) is 22.5. The number of nitrogens with one attached hydrogen (secondary N) is 3. The molecule has 0 saturated heterocycles. The summed E-state index contributed by atoms with van der Waals surface area (Å²) >= 11 is 0. The molecule has 1 amide bonds. The van der Waals surface area contributed by atoms with E-state index in [0.29, 0.717) is 35.8 Å². The number of carbonyl (C=O) groups is 2. The standard InChI is InChI=1S/C28H37FN8O2/c1-16(2)11-21(30)25(38)12-17-3-5-19(6-4-17)34-26-13-23(33-18-7-8-18)27-32-15-24(37(27)36-26)28(39)35-22-9-10-31-14-20(22)29/h9-10,13-19,21,33H,3-8,11-12,30H2,1-2H3,(H,34,36)(H,31,35,39)/t17?,19?,21-/m1/s1. The van der Waals surface area contributed by atoms with Crippen LogP contribution in [0.5, 0.6) is 0 Å². The van der Waals surface area contributed by atoms with Gasteiger partial charge in [-0.05, 0) is 62.8 Å². The van der Waals surface area contributed by atoms with E-state index < -0.39 is 11.7 Å². The minimum Gasteiger partial charge on any atom is -0.379 e. The number of nitrogens with two attached hydrogens (primary N) is 1. The van der Waals surface area contributed by atoms with E-state index >= 15 is 0 Å². The van der Waals surface area contributed by atoms with Gasteiger partial charge in [0.05, 0.1) is 29.8 Å². The fourth-order valence-corrected chi connectivity index (χ4v) is 5.21. The zero-order valence-corrected chi connectivity index (χ0v) is 22.5. The first-order chi connectivity index (χ1) is 18.8. The monoisotopic (exact) mass is 536 g/mol. The first-order valence-electron chi connectivity index (χ1n) is 13.9. The number of ketones is 1. The molecule has 2 aliphatic rings. The van der Waals surface area contributed by atoms with Crippen molar-refractivity contribution in [3.63, 3.8) is 0 Å². The van der Waals surface area contributed by atoms with Gasteiger partial charge in [-0.3, -0.25) is 14.6 Å². The second-order valence-electron chi connectivity index (χ2n) is 11.3. The Hall–Kier alpha value is -3.60. The lowest BCUT2D eigenvalue weighted by Crippen LogP contribution is -2.34. The van der Waals surface area contributed by atoms with Crippen LogP contribution in [0.15, 0.2) is 30.7 Å². The topological polar surface area (TPSA) is 139 Å². The Morgan fingerprint density at radius 1 is 1.08 bits per heavy atom. The number of pyridine rings is 1. The summed E-state index contributed by atoms with van der Waals surface area (Å²) in [6, 6.07) is 3.54. The normalized spacial score (nSPS) is 20.1. The second kappa shape index (κ2) is 11.6. The van der Waals surface area contributed by atoms with E-state index in [4.69, 9.17) is 5.73 Å². The zero-order chi connectivity index (χ0) is 27.5. The molecule has 0 unspecified atom stereocenters. The molecule has 0 spiro atoms. The van der Waals surface area contributed by atoms with E-state index in [-0.39, 0.29) is 29.2 Å². The molecule has 39 heavy (non-hydrogen) atoms. The maximum Gasteiger partial charge on any atom is 0.276 e. The molecule has 5 N–H and O–H groups in total. The smallest absolute Gasteiger partial charge is 0.276 e. The third-order valence-electron chi connectivity index (χ3n) is 7.49. The Morgan fingerprint density at radius 2 is 1.79 bits per heavy atom. The van der Waals surface area contributed by atoms with Gasteiger partial charge in [0.1, 0.15) is 11.6 Å². The van der Waals surface area contributed by atoms with Crippen molar-refractivity contribution in [2.24, 2.45) is 17.6 Å². The average Bonchev–Trinajstić information content (AvgIpc) is 3.61. The number of nitrogens with zero attached hydrogens (tertiary/aromatic N) is 4. The molecule has 0 radical (unpaired) electrons. The summed E-state index contributed by atoms with van der Waals surface area (Å²) in [7, 11) is 0. The van der Waals surface area contributed by atoms with E-state index in [9.17, 15) is 14.0 Å². The third-order valence-corrected chi connectivity index (χ3v) is 7.49. The number of hydrogen-bond acceptors (Lipinski definition) is 8. The van der Waals surface area contributed by atoms with Gasteiger partial charge in [-0.15, -0.1) is 5.10 Å². The van der Waals surface area contributed by atoms with Gasteiger partial charge in [0, 0.05) is 30.8 Å². The van der Waals surface area contributed by atoms with Gasteiger partial charge in [-0.1, -0.05) is 13.8 Å². The molecule has 2 fully saturated rings. The molecule has 3 aromatic rings. The van der Waals surface area contributed by atoms with E-state index in [1.165, 1.54) is 23.0 Å². The third kappa shape index (κ3) is 6.70. The van der Waals surface area contributed by atoms with Crippen LogP contribution in [0.1, 0.15) is 75.7 Å². The highest BCUT2D eigenvalue weighted by Crippen LogP contribution is 2.32. The molecule has 2 saturated carbocycles. The predicted molar refractivity (Wildman–Crippen MR) is 148 cm³/mol. The van der Waals surface area contributed by atoms with E-state index in [1.54, 1.807) is 0 Å². The van der Waals surface area contributed by atoms with Crippen molar-refractivity contribution in [3.8, 4) is 0 Å². The number of imidazole rings is 1. The largest absolute Gasteiger partial charge is 0.379 e. The van der Waals surface area contributed by atoms with Gasteiger partial charge in [-0.2, -0.15) is 0 Å². The molecule has 208 valence electrons. The summed E-state index contributed by atoms with van der Waals surface area (Å²) in [6.07, 6.45) is 11.1. The van der Waals surface area contributed by atoms with Crippen molar-refractivity contribution in [1.29, 1.82) is 0 Å². The van der Waals surface area contributed by atoms with Crippen LogP contribution in [-0.2, 0) is 4.79 Å². The van der Waals surface area contributed by atoms with Crippen molar-refractivity contribution in [1.82, 2.24) is 19.6 Å². The SMILES string of the molecule is CC(C)C[C@@H](N)C(=O)CC1CCC(Nc2cc(NC3CC3)c3ncc(C(=O)Nc4ccncc4F)n3n2)CC1. The number of fused-ring (bicyclic) bond motifs is 1. The molecule has 3 heterocycles. The quantitative estimate of drug-likeness (QED) is 0.283. The molecular formula is C28H37FN8O2. The summed E-state index contributed by atoms with van der Waals surface area (Å²) in [5, 5.41) is 14.3. The Bertz CT molecular complexity index is 1330. The van der Waals surface area contributed by atoms with Crippen LogP contribution in [0.4, 0.5) is 21.6 Å². The van der Waals surface area contributed by atoms with Crippen LogP contribution in [0.25, 0.3) is 5.65 Å². The molecule has 0 aromatic carbocycles. The molecule has 0 bridgehead atoms. The summed E-state index contributed by atoms with van der Waals surface area (Å²) in [4.78, 5) is 33.8. The summed E-state index contributed by atoms with van der Waals surface area (Å²) in [5.41, 5.74) is 7.67. The Morgan fingerprint density at radius 3 is 2.49 bits per heavy atom. The number of halogens is 1. The molecule has 1 atom stereocenters. The minimum atomic E-state index is -0.620. The molecule has 2 aliphatic carbocycles. The number of amides is 1. The van der Waals surface area contributed by atoms with Crippen molar-refractivity contribution >= 4 is 34.5 Å². The van der Waals surface area contributed by atoms with Crippen molar-refractivity contribution in [3.05, 3.63) is 42.2 Å². The number of carbonyl (C=O) groups excluding carboxylic acids is 2. The molecule has 10 nitrogen and oxygen atoms in total. The maximum atomic E-state index is 14.1. The van der Waals surface area contributed by atoms with Crippen LogP contribution < -0.4 is 21.7 Å². The number of anilines is 3. The van der Waals surface area contributed by atoms with E-state index in [0.717, 1.165) is 56.8 Å². The Kier molecular flexibility index (Phi) is 8.06. The van der Waals surface area contributed by atoms with E-state index in [1.807, 2.05) is 6.07 Å². The van der Waals surface area contributed by atoms with E-state index in [2.05, 4.69) is 44.9 Å². The van der Waals surface area contributed by atoms with Gasteiger partial charge in [-0.25, -0.2) is 13.9 Å². The molecule has 5 rings (SSSR count). The van der Waals surface area contributed by atoms with Crippen LogP contribution in [0.2, 0.25) is 0 Å². The highest BCUT2D eigenvalue weighted by atomic mass is 19.1. The maximum absolute atomic E-state index is 14.1. The van der Waals surface area contributed by atoms with Crippen molar-refractivity contribution in [2.45, 2.75) is 83.3 Å². The Labute approximate surface area is 227 Å². The lowest BCUT2D eigenvalue weighted by atomic mass is 9.81. The van der Waals surface area contributed by atoms with Gasteiger partial charge in [0.15, 0.2) is 17.2 Å². The minimum absolute atomic E-state index is 0.0379. The molecular weight excluding hydrogens is 499 g/mol. The first kappa shape index (κ1) is 27.0. The fourth-order valence-electron chi connectivity index (χ4n) is 5.21. The lowest BCUT2D eigenvalue weighted by Gasteiger charge is -2.30. The number of Topliss-reactive ketones (excluding diaryl/α,β-unsaturated/α-hetero) is 1. The van der Waals surface area contributed by atoms with Crippen LogP contribution in [-0.4, -0.2) is 49.4 Å². The van der Waals surface area contributed by atoms with Gasteiger partial charge < -0.3 is 21.7 Å². The van der Waals surface area contributed by atoms with Gasteiger partial charge in [0.2, 0.25) is 0 Å². The Balaban J connectivity index is 1.28. The van der Waals surface area contributed by atoms with Crippen molar-refractivity contribution in [2.75, 3.05) is 16.0 Å². The number of hydrogen-bond donors (Lipinski definition) is 4. The van der Waals surface area contributed by atoms with Gasteiger partial charge >= 0.3 is 0 Å². The highest BCUT2D eigenvalue weighted by Gasteiger charge is 2.27. The van der Waals surface area contributed by atoms with Crippen LogP contribution in [0.3, 0.4) is 0 Å². The van der Waals surface area contributed by atoms with Crippen LogP contribution in [0, 0.1) is 17.7 Å².